The molecule has 0 bridgehead atoms. The van der Waals surface area contributed by atoms with Crippen LogP contribution in [0.1, 0.15) is 0 Å². The van der Waals surface area contributed by atoms with Crippen LogP contribution in [0.25, 0.3) is 83.9 Å². The standard InChI is InChI=1S/C42H28N2O/c1-3-10-33-27(2)34-13-4-5-14-35(34)36-23-20-31(26-39(33)36)30-12-8-11-29(25-30)28-18-21-32(22-19-28)44-40-17-9-24-43-41(40)37-15-6-7-16-38(37)42(44)45/h3-26H,1-2H2/b33-10+. The highest BCUT2D eigenvalue weighted by atomic mass is 16.1. The predicted molar refractivity (Wildman–Crippen MR) is 190 cm³/mol. The van der Waals surface area contributed by atoms with E-state index in [0.29, 0.717) is 5.39 Å². The second-order valence-corrected chi connectivity index (χ2v) is 11.3. The van der Waals surface area contributed by atoms with E-state index < -0.39 is 0 Å². The third-order valence-electron chi connectivity index (χ3n) is 8.76. The van der Waals surface area contributed by atoms with Gasteiger partial charge in [0.05, 0.1) is 11.0 Å². The van der Waals surface area contributed by atoms with E-state index in [-0.39, 0.29) is 5.56 Å². The summed E-state index contributed by atoms with van der Waals surface area (Å²) in [5.41, 5.74) is 6.80. The Morgan fingerprint density at radius 2 is 1.22 bits per heavy atom. The van der Waals surface area contributed by atoms with Crippen molar-refractivity contribution in [2.24, 2.45) is 0 Å². The molecule has 0 saturated heterocycles. The fourth-order valence-corrected chi connectivity index (χ4v) is 6.61. The molecule has 0 radical (unpaired) electrons. The van der Waals surface area contributed by atoms with Gasteiger partial charge in [-0.05, 0) is 96.7 Å². The van der Waals surface area contributed by atoms with E-state index in [0.717, 1.165) is 65.6 Å². The molecule has 8 aromatic rings. The zero-order valence-corrected chi connectivity index (χ0v) is 24.6. The average molecular weight is 577 g/mol. The lowest BCUT2D eigenvalue weighted by Crippen LogP contribution is -2.24. The molecular formula is C42H28N2O. The molecule has 0 unspecified atom stereocenters. The maximum absolute atomic E-state index is 13.7. The highest BCUT2D eigenvalue weighted by Crippen LogP contribution is 2.31. The number of pyridine rings is 2. The van der Waals surface area contributed by atoms with E-state index in [1.54, 1.807) is 10.8 Å². The largest absolute Gasteiger partial charge is 0.275 e. The number of aromatic nitrogens is 2. The average Bonchev–Trinajstić information content (AvgIpc) is 3.10. The smallest absolute Gasteiger partial charge is 0.263 e. The Hall–Kier alpha value is -6.06. The second kappa shape index (κ2) is 10.6. The summed E-state index contributed by atoms with van der Waals surface area (Å²) in [5.74, 6) is 0. The molecule has 0 N–H and O–H groups in total. The van der Waals surface area contributed by atoms with Crippen molar-refractivity contribution in [3.63, 3.8) is 0 Å². The molecule has 0 aliphatic heterocycles. The fourth-order valence-electron chi connectivity index (χ4n) is 6.61. The van der Waals surface area contributed by atoms with Crippen molar-refractivity contribution >= 4 is 56.0 Å². The summed E-state index contributed by atoms with van der Waals surface area (Å²) in [6, 6.07) is 43.4. The highest BCUT2D eigenvalue weighted by molar-refractivity contribution is 6.09. The van der Waals surface area contributed by atoms with Crippen molar-refractivity contribution in [2.45, 2.75) is 0 Å². The van der Waals surface area contributed by atoms with Crippen LogP contribution < -0.4 is 16.0 Å². The SMILES string of the molecule is C=C/C=c1\c(=C)c2ccccc2c2ccc(-c3cccc(-c4ccc(-n5c(=O)c6ccccc6c6ncccc65)cc4)c3)cc12. The summed E-state index contributed by atoms with van der Waals surface area (Å²) < 4.78 is 1.76. The topological polar surface area (TPSA) is 34.9 Å². The van der Waals surface area contributed by atoms with E-state index in [9.17, 15) is 4.79 Å². The molecule has 2 aromatic heterocycles. The summed E-state index contributed by atoms with van der Waals surface area (Å²) in [7, 11) is 0. The lowest BCUT2D eigenvalue weighted by atomic mass is 9.93. The van der Waals surface area contributed by atoms with Crippen molar-refractivity contribution in [3.8, 4) is 27.9 Å². The molecule has 0 fully saturated rings. The van der Waals surface area contributed by atoms with Crippen LogP contribution >= 0.6 is 0 Å². The first-order chi connectivity index (χ1) is 22.1. The maximum Gasteiger partial charge on any atom is 0.263 e. The van der Waals surface area contributed by atoms with Crippen LogP contribution in [0.2, 0.25) is 0 Å². The van der Waals surface area contributed by atoms with Crippen molar-refractivity contribution in [1.82, 2.24) is 9.55 Å². The molecule has 8 rings (SSSR count). The number of nitrogens with zero attached hydrogens (tertiary/aromatic N) is 2. The van der Waals surface area contributed by atoms with E-state index in [1.165, 1.54) is 10.8 Å². The zero-order chi connectivity index (χ0) is 30.5. The van der Waals surface area contributed by atoms with E-state index in [2.05, 4.69) is 103 Å². The minimum Gasteiger partial charge on any atom is -0.275 e. The van der Waals surface area contributed by atoms with Crippen LogP contribution in [0.15, 0.2) is 151 Å². The van der Waals surface area contributed by atoms with Gasteiger partial charge in [-0.1, -0.05) is 110 Å². The first-order valence-electron chi connectivity index (χ1n) is 15.0. The molecule has 0 saturated carbocycles. The third kappa shape index (κ3) is 4.29. The van der Waals surface area contributed by atoms with Crippen LogP contribution in [0.5, 0.6) is 0 Å². The van der Waals surface area contributed by atoms with Gasteiger partial charge in [-0.25, -0.2) is 0 Å². The Bertz CT molecular complexity index is 2650. The Balaban J connectivity index is 1.23. The molecule has 3 nitrogen and oxygen atoms in total. The fraction of sp³-hybridized carbons (Fsp3) is 0. The second-order valence-electron chi connectivity index (χ2n) is 11.3. The molecule has 0 amide bonds. The van der Waals surface area contributed by atoms with Gasteiger partial charge in [-0.15, -0.1) is 0 Å². The summed E-state index contributed by atoms with van der Waals surface area (Å²) in [6.07, 6.45) is 5.66. The number of fused-ring (bicyclic) bond motifs is 6. The van der Waals surface area contributed by atoms with Crippen LogP contribution in [0.3, 0.4) is 0 Å². The van der Waals surface area contributed by atoms with Crippen molar-refractivity contribution in [1.29, 1.82) is 0 Å². The molecule has 2 heterocycles. The first-order valence-corrected chi connectivity index (χ1v) is 15.0. The summed E-state index contributed by atoms with van der Waals surface area (Å²) in [4.78, 5) is 18.3. The van der Waals surface area contributed by atoms with Gasteiger partial charge in [-0.3, -0.25) is 14.3 Å². The third-order valence-corrected chi connectivity index (χ3v) is 8.76. The Morgan fingerprint density at radius 1 is 0.578 bits per heavy atom. The summed E-state index contributed by atoms with van der Waals surface area (Å²) in [5, 5.41) is 8.35. The summed E-state index contributed by atoms with van der Waals surface area (Å²) in [6.45, 7) is 8.40. The highest BCUT2D eigenvalue weighted by Gasteiger charge is 2.13. The van der Waals surface area contributed by atoms with E-state index in [1.807, 2.05) is 54.6 Å². The number of rotatable bonds is 4. The lowest BCUT2D eigenvalue weighted by Gasteiger charge is -2.13. The van der Waals surface area contributed by atoms with Gasteiger partial charge in [0.25, 0.3) is 5.56 Å². The molecule has 0 atom stereocenters. The van der Waals surface area contributed by atoms with Crippen LogP contribution in [-0.2, 0) is 0 Å². The normalized spacial score (nSPS) is 12.0. The number of benzene rings is 6. The van der Waals surface area contributed by atoms with Gasteiger partial charge in [0.1, 0.15) is 0 Å². The van der Waals surface area contributed by atoms with E-state index >= 15 is 0 Å². The molecular weight excluding hydrogens is 548 g/mol. The number of allylic oxidation sites excluding steroid dienone is 1. The van der Waals surface area contributed by atoms with Crippen LogP contribution in [-0.4, -0.2) is 9.55 Å². The van der Waals surface area contributed by atoms with Crippen LogP contribution in [0, 0.1) is 0 Å². The number of hydrogen-bond donors (Lipinski definition) is 0. The van der Waals surface area contributed by atoms with Gasteiger partial charge in [-0.2, -0.15) is 0 Å². The quantitative estimate of drug-likeness (QED) is 0.197. The molecule has 0 aliphatic rings. The zero-order valence-electron chi connectivity index (χ0n) is 24.6. The molecule has 45 heavy (non-hydrogen) atoms. The van der Waals surface area contributed by atoms with Gasteiger partial charge in [0, 0.05) is 22.7 Å². The first kappa shape index (κ1) is 26.6. The summed E-state index contributed by atoms with van der Waals surface area (Å²) >= 11 is 0. The Labute approximate surface area is 260 Å². The Morgan fingerprint density at radius 3 is 2.00 bits per heavy atom. The maximum atomic E-state index is 13.7. The molecule has 6 aromatic carbocycles. The monoisotopic (exact) mass is 576 g/mol. The molecule has 0 aliphatic carbocycles. The Kier molecular flexibility index (Phi) is 6.25. The minimum absolute atomic E-state index is 0.0524. The van der Waals surface area contributed by atoms with Crippen molar-refractivity contribution in [3.05, 3.63) is 167 Å². The van der Waals surface area contributed by atoms with Gasteiger partial charge < -0.3 is 0 Å². The number of hydrogen-bond acceptors (Lipinski definition) is 2. The van der Waals surface area contributed by atoms with Crippen LogP contribution in [0.4, 0.5) is 0 Å². The van der Waals surface area contributed by atoms with Gasteiger partial charge in [0.2, 0.25) is 0 Å². The predicted octanol–water partition coefficient (Wildman–Crippen LogP) is 8.56. The van der Waals surface area contributed by atoms with Crippen molar-refractivity contribution in [2.75, 3.05) is 0 Å². The molecule has 3 heteroatoms. The van der Waals surface area contributed by atoms with Gasteiger partial charge >= 0.3 is 0 Å². The van der Waals surface area contributed by atoms with Gasteiger partial charge in [0.15, 0.2) is 0 Å². The van der Waals surface area contributed by atoms with E-state index in [4.69, 9.17) is 0 Å². The lowest BCUT2D eigenvalue weighted by molar-refractivity contribution is 1.06. The van der Waals surface area contributed by atoms with Crippen molar-refractivity contribution < 1.29 is 0 Å². The molecule has 212 valence electrons. The minimum atomic E-state index is -0.0524. The molecule has 0 spiro atoms.